The van der Waals surface area contributed by atoms with Crippen molar-refractivity contribution in [3.05, 3.63) is 64.7 Å². The molecular formula is C22H21N3O3. The van der Waals surface area contributed by atoms with Gasteiger partial charge in [-0.3, -0.25) is 4.79 Å². The number of hydrogen-bond donors (Lipinski definition) is 0. The van der Waals surface area contributed by atoms with Crippen molar-refractivity contribution in [3.63, 3.8) is 0 Å². The number of nitrogens with zero attached hydrogens (tertiary/aromatic N) is 3. The largest absolute Gasteiger partial charge is 0.466 e. The van der Waals surface area contributed by atoms with Crippen molar-refractivity contribution < 1.29 is 13.7 Å². The first-order chi connectivity index (χ1) is 13.3. The van der Waals surface area contributed by atoms with Gasteiger partial charge in [-0.05, 0) is 52.0 Å². The van der Waals surface area contributed by atoms with Gasteiger partial charge in [-0.1, -0.05) is 22.9 Å². The first-order valence-corrected chi connectivity index (χ1v) is 9.04. The molecule has 0 fully saturated rings. The van der Waals surface area contributed by atoms with Gasteiger partial charge in [0.2, 0.25) is 0 Å². The van der Waals surface area contributed by atoms with Crippen LogP contribution in [0.25, 0.3) is 22.4 Å². The van der Waals surface area contributed by atoms with Gasteiger partial charge in [-0.25, -0.2) is 4.98 Å². The van der Waals surface area contributed by atoms with Crippen molar-refractivity contribution >= 4 is 22.7 Å². The number of rotatable bonds is 3. The zero-order valence-corrected chi connectivity index (χ0v) is 16.5. The summed E-state index contributed by atoms with van der Waals surface area (Å²) in [6.45, 7) is 7.58. The van der Waals surface area contributed by atoms with Crippen LogP contribution in [0.4, 0.5) is 5.69 Å². The molecule has 0 atom stereocenters. The number of furan rings is 1. The van der Waals surface area contributed by atoms with E-state index in [0.717, 1.165) is 28.3 Å². The quantitative estimate of drug-likeness (QED) is 0.504. The van der Waals surface area contributed by atoms with Crippen LogP contribution in [0.2, 0.25) is 0 Å². The van der Waals surface area contributed by atoms with Gasteiger partial charge >= 0.3 is 0 Å². The lowest BCUT2D eigenvalue weighted by Crippen LogP contribution is -2.26. The number of carbonyl (C=O) groups is 1. The highest BCUT2D eigenvalue weighted by Gasteiger charge is 2.23. The summed E-state index contributed by atoms with van der Waals surface area (Å²) in [7, 11) is 1.76. The Labute approximate surface area is 162 Å². The highest BCUT2D eigenvalue weighted by Crippen LogP contribution is 2.31. The molecule has 1 amide bonds. The zero-order chi connectivity index (χ0) is 20.0. The molecular weight excluding hydrogens is 354 g/mol. The molecule has 0 aliphatic rings. The molecule has 0 aliphatic heterocycles. The Kier molecular flexibility index (Phi) is 4.26. The molecule has 3 heterocycles. The van der Waals surface area contributed by atoms with Crippen LogP contribution in [0.15, 0.2) is 45.3 Å². The number of amides is 1. The Morgan fingerprint density at radius 1 is 1.04 bits per heavy atom. The summed E-state index contributed by atoms with van der Waals surface area (Å²) < 4.78 is 11.0. The van der Waals surface area contributed by atoms with Crippen molar-refractivity contribution in [2.75, 3.05) is 11.9 Å². The van der Waals surface area contributed by atoms with E-state index in [1.54, 1.807) is 18.0 Å². The van der Waals surface area contributed by atoms with Gasteiger partial charge in [-0.2, -0.15) is 0 Å². The van der Waals surface area contributed by atoms with Crippen LogP contribution >= 0.6 is 0 Å². The summed E-state index contributed by atoms with van der Waals surface area (Å²) in [6.07, 6.45) is 0. The van der Waals surface area contributed by atoms with Crippen LogP contribution in [0.5, 0.6) is 0 Å². The van der Waals surface area contributed by atoms with Crippen LogP contribution in [-0.2, 0) is 0 Å². The number of hydrogen-bond acceptors (Lipinski definition) is 5. The second kappa shape index (κ2) is 6.64. The van der Waals surface area contributed by atoms with Crippen molar-refractivity contribution in [1.82, 2.24) is 10.1 Å². The van der Waals surface area contributed by atoms with E-state index in [-0.39, 0.29) is 5.91 Å². The lowest BCUT2D eigenvalue weighted by Gasteiger charge is -2.18. The molecule has 0 spiro atoms. The van der Waals surface area contributed by atoms with Gasteiger partial charge in [0, 0.05) is 18.3 Å². The van der Waals surface area contributed by atoms with E-state index in [1.807, 2.05) is 58.0 Å². The maximum absolute atomic E-state index is 13.4. The Hall–Kier alpha value is -3.41. The molecule has 142 valence electrons. The normalized spacial score (nSPS) is 11.2. The van der Waals surface area contributed by atoms with Crippen LogP contribution in [0, 0.1) is 27.7 Å². The predicted molar refractivity (Wildman–Crippen MR) is 108 cm³/mol. The van der Waals surface area contributed by atoms with Gasteiger partial charge in [0.1, 0.15) is 11.5 Å². The Bertz CT molecular complexity index is 1190. The van der Waals surface area contributed by atoms with Gasteiger partial charge < -0.3 is 13.8 Å². The molecule has 4 aromatic rings. The maximum atomic E-state index is 13.4. The van der Waals surface area contributed by atoms with E-state index < -0.39 is 0 Å². The fraction of sp³-hybridized carbons (Fsp3) is 0.227. The Balaban J connectivity index is 1.87. The zero-order valence-electron chi connectivity index (χ0n) is 16.5. The number of fused-ring (bicyclic) bond motifs is 1. The summed E-state index contributed by atoms with van der Waals surface area (Å²) in [5.74, 6) is 1.38. The molecule has 1 aromatic carbocycles. The SMILES string of the molecule is Cc1ccc(N(C)C(=O)c2cc(-c3cc(C)oc3C)nc3onc(C)c23)cc1. The highest BCUT2D eigenvalue weighted by atomic mass is 16.5. The lowest BCUT2D eigenvalue weighted by atomic mass is 10.0. The molecule has 0 unspecified atom stereocenters. The van der Waals surface area contributed by atoms with Crippen molar-refractivity contribution in [3.8, 4) is 11.3 Å². The Morgan fingerprint density at radius 3 is 2.39 bits per heavy atom. The molecule has 0 aliphatic carbocycles. The van der Waals surface area contributed by atoms with Gasteiger partial charge in [0.15, 0.2) is 0 Å². The molecule has 6 nitrogen and oxygen atoms in total. The number of carbonyl (C=O) groups excluding carboxylic acids is 1. The fourth-order valence-corrected chi connectivity index (χ4v) is 3.35. The highest BCUT2D eigenvalue weighted by molar-refractivity contribution is 6.14. The van der Waals surface area contributed by atoms with E-state index in [0.29, 0.717) is 28.1 Å². The minimum atomic E-state index is -0.151. The summed E-state index contributed by atoms with van der Waals surface area (Å²) in [6, 6.07) is 11.5. The first-order valence-electron chi connectivity index (χ1n) is 9.04. The molecule has 28 heavy (non-hydrogen) atoms. The summed E-state index contributed by atoms with van der Waals surface area (Å²) in [5, 5.41) is 4.64. The lowest BCUT2D eigenvalue weighted by molar-refractivity contribution is 0.0994. The molecule has 0 bridgehead atoms. The van der Waals surface area contributed by atoms with E-state index in [2.05, 4.69) is 10.1 Å². The van der Waals surface area contributed by atoms with Crippen LogP contribution in [0.3, 0.4) is 0 Å². The molecule has 4 rings (SSSR count). The molecule has 0 radical (unpaired) electrons. The average molecular weight is 375 g/mol. The number of benzene rings is 1. The number of aryl methyl sites for hydroxylation is 4. The van der Waals surface area contributed by atoms with Crippen molar-refractivity contribution in [2.24, 2.45) is 0 Å². The minimum Gasteiger partial charge on any atom is -0.466 e. The van der Waals surface area contributed by atoms with E-state index >= 15 is 0 Å². The summed E-state index contributed by atoms with van der Waals surface area (Å²) >= 11 is 0. The second-order valence-corrected chi connectivity index (χ2v) is 7.03. The smallest absolute Gasteiger partial charge is 0.259 e. The number of pyridine rings is 1. The Morgan fingerprint density at radius 2 is 1.75 bits per heavy atom. The van der Waals surface area contributed by atoms with E-state index in [4.69, 9.17) is 8.94 Å². The maximum Gasteiger partial charge on any atom is 0.259 e. The topological polar surface area (TPSA) is 72.4 Å². The van der Waals surface area contributed by atoms with Gasteiger partial charge in [-0.15, -0.1) is 0 Å². The number of aromatic nitrogens is 2. The van der Waals surface area contributed by atoms with Crippen molar-refractivity contribution in [2.45, 2.75) is 27.7 Å². The van der Waals surface area contributed by atoms with Crippen LogP contribution in [-0.4, -0.2) is 23.1 Å². The number of anilines is 1. The third-order valence-corrected chi connectivity index (χ3v) is 4.89. The fourth-order valence-electron chi connectivity index (χ4n) is 3.35. The van der Waals surface area contributed by atoms with Gasteiger partial charge in [0.25, 0.3) is 11.6 Å². The van der Waals surface area contributed by atoms with Crippen LogP contribution < -0.4 is 4.90 Å². The third kappa shape index (κ3) is 2.97. The molecule has 0 saturated heterocycles. The molecule has 3 aromatic heterocycles. The molecule has 0 N–H and O–H groups in total. The monoisotopic (exact) mass is 375 g/mol. The van der Waals surface area contributed by atoms with Gasteiger partial charge in [0.05, 0.1) is 22.3 Å². The summed E-state index contributed by atoms with van der Waals surface area (Å²) in [5.41, 5.74) is 4.88. The van der Waals surface area contributed by atoms with Crippen molar-refractivity contribution in [1.29, 1.82) is 0 Å². The first kappa shape index (κ1) is 18.0. The standard InChI is InChI=1S/C22H21N3O3/c1-12-6-8-16(9-7-12)25(5)22(26)18-11-19(17-10-13(2)27-15(17)4)23-21-20(18)14(3)24-28-21/h6-11H,1-5H3. The molecule has 0 saturated carbocycles. The summed E-state index contributed by atoms with van der Waals surface area (Å²) in [4.78, 5) is 19.6. The minimum absolute atomic E-state index is 0.151. The van der Waals surface area contributed by atoms with E-state index in [1.165, 1.54) is 0 Å². The predicted octanol–water partition coefficient (Wildman–Crippen LogP) is 4.99. The molecule has 6 heteroatoms. The van der Waals surface area contributed by atoms with E-state index in [9.17, 15) is 4.79 Å². The average Bonchev–Trinajstić information content (AvgIpc) is 3.22. The van der Waals surface area contributed by atoms with Crippen LogP contribution in [0.1, 0.15) is 33.1 Å². The third-order valence-electron chi connectivity index (χ3n) is 4.89. The second-order valence-electron chi connectivity index (χ2n) is 7.03.